The number of esters is 1. The number of hydrogen-bond donors (Lipinski definition) is 0. The summed E-state index contributed by atoms with van der Waals surface area (Å²) in [5.74, 6) is 0.724. The van der Waals surface area contributed by atoms with E-state index in [4.69, 9.17) is 4.74 Å². The first-order valence-electron chi connectivity index (χ1n) is 5.53. The Balaban J connectivity index is 2.55. The van der Waals surface area contributed by atoms with E-state index >= 15 is 0 Å². The highest BCUT2D eigenvalue weighted by atomic mass is 79.9. The lowest BCUT2D eigenvalue weighted by atomic mass is 10.2. The summed E-state index contributed by atoms with van der Waals surface area (Å²) < 4.78 is 7.93. The van der Waals surface area contributed by atoms with Crippen LogP contribution in [0.1, 0.15) is 10.4 Å². The van der Waals surface area contributed by atoms with Crippen molar-refractivity contribution in [3.8, 4) is 0 Å². The van der Waals surface area contributed by atoms with Crippen LogP contribution in [0.3, 0.4) is 0 Å². The minimum absolute atomic E-state index is 0.287. The molecule has 0 fully saturated rings. The van der Waals surface area contributed by atoms with Gasteiger partial charge in [-0.2, -0.15) is 11.8 Å². The van der Waals surface area contributed by atoms with E-state index in [1.54, 1.807) is 11.8 Å². The van der Waals surface area contributed by atoms with Gasteiger partial charge in [-0.1, -0.05) is 22.0 Å². The Morgan fingerprint density at radius 1 is 1.50 bits per heavy atom. The summed E-state index contributed by atoms with van der Waals surface area (Å²) in [5, 5.41) is 0.936. The van der Waals surface area contributed by atoms with Gasteiger partial charge in [-0.3, -0.25) is 0 Å². The SMILES string of the molecule is COC(=O)c1cn(CCSC)c2cc(Br)ccc12. The second-order valence-electron chi connectivity index (χ2n) is 3.88. The molecular weight excluding hydrogens is 314 g/mol. The van der Waals surface area contributed by atoms with Gasteiger partial charge in [0.05, 0.1) is 18.2 Å². The van der Waals surface area contributed by atoms with Crippen LogP contribution in [0.2, 0.25) is 0 Å². The number of benzene rings is 1. The highest BCUT2D eigenvalue weighted by Crippen LogP contribution is 2.25. The van der Waals surface area contributed by atoms with Gasteiger partial charge in [0.2, 0.25) is 0 Å². The minimum atomic E-state index is -0.287. The molecule has 1 aromatic heterocycles. The molecule has 5 heteroatoms. The van der Waals surface area contributed by atoms with Crippen molar-refractivity contribution in [3.05, 3.63) is 34.4 Å². The molecule has 0 atom stereocenters. The molecule has 3 nitrogen and oxygen atoms in total. The Bertz CT molecular complexity index is 580. The van der Waals surface area contributed by atoms with Crippen LogP contribution < -0.4 is 0 Å². The first-order chi connectivity index (χ1) is 8.67. The van der Waals surface area contributed by atoms with E-state index in [1.165, 1.54) is 7.11 Å². The van der Waals surface area contributed by atoms with Gasteiger partial charge < -0.3 is 9.30 Å². The van der Waals surface area contributed by atoms with Gasteiger partial charge in [-0.05, 0) is 18.4 Å². The van der Waals surface area contributed by atoms with E-state index in [0.717, 1.165) is 27.7 Å². The molecule has 0 radical (unpaired) electrons. The lowest BCUT2D eigenvalue weighted by Crippen LogP contribution is -2.01. The fourth-order valence-electron chi connectivity index (χ4n) is 1.91. The van der Waals surface area contributed by atoms with Crippen LogP contribution in [0, 0.1) is 0 Å². The Labute approximate surface area is 119 Å². The molecule has 18 heavy (non-hydrogen) atoms. The molecule has 0 aliphatic rings. The monoisotopic (exact) mass is 327 g/mol. The number of fused-ring (bicyclic) bond motifs is 1. The maximum absolute atomic E-state index is 11.7. The average molecular weight is 328 g/mol. The van der Waals surface area contributed by atoms with Crippen molar-refractivity contribution >= 4 is 44.6 Å². The summed E-state index contributed by atoms with van der Waals surface area (Å²) in [7, 11) is 1.41. The Kier molecular flexibility index (Phi) is 4.35. The number of carbonyl (C=O) groups is 1. The normalized spacial score (nSPS) is 10.8. The van der Waals surface area contributed by atoms with E-state index < -0.39 is 0 Å². The van der Waals surface area contributed by atoms with Crippen molar-refractivity contribution in [1.29, 1.82) is 0 Å². The second-order valence-corrected chi connectivity index (χ2v) is 5.78. The van der Waals surface area contributed by atoms with E-state index in [0.29, 0.717) is 5.56 Å². The number of halogens is 1. The Hall–Kier alpha value is -0.940. The van der Waals surface area contributed by atoms with Crippen molar-refractivity contribution in [3.63, 3.8) is 0 Å². The lowest BCUT2D eigenvalue weighted by molar-refractivity contribution is 0.0603. The summed E-state index contributed by atoms with van der Waals surface area (Å²) in [6.45, 7) is 0.880. The number of aromatic nitrogens is 1. The molecule has 2 rings (SSSR count). The lowest BCUT2D eigenvalue weighted by Gasteiger charge is -2.03. The summed E-state index contributed by atoms with van der Waals surface area (Å²) in [6.07, 6.45) is 3.95. The van der Waals surface area contributed by atoms with Crippen molar-refractivity contribution < 1.29 is 9.53 Å². The zero-order chi connectivity index (χ0) is 13.1. The predicted octanol–water partition coefficient (Wildman–Crippen LogP) is 3.55. The molecule has 0 saturated heterocycles. The molecule has 1 aromatic carbocycles. The van der Waals surface area contributed by atoms with Gasteiger partial charge in [-0.25, -0.2) is 4.79 Å². The maximum Gasteiger partial charge on any atom is 0.340 e. The van der Waals surface area contributed by atoms with Gasteiger partial charge in [0, 0.05) is 28.4 Å². The van der Waals surface area contributed by atoms with Crippen LogP contribution in [0.5, 0.6) is 0 Å². The molecule has 96 valence electrons. The highest BCUT2D eigenvalue weighted by molar-refractivity contribution is 9.10. The van der Waals surface area contributed by atoms with Gasteiger partial charge in [0.1, 0.15) is 0 Å². The number of nitrogens with zero attached hydrogens (tertiary/aromatic N) is 1. The molecule has 0 spiro atoms. The third-order valence-electron chi connectivity index (χ3n) is 2.79. The number of thioether (sulfide) groups is 1. The third-order valence-corrected chi connectivity index (χ3v) is 3.87. The summed E-state index contributed by atoms with van der Waals surface area (Å²) >= 11 is 5.25. The second kappa shape index (κ2) is 5.80. The number of methoxy groups -OCH3 is 1. The van der Waals surface area contributed by atoms with Crippen LogP contribution in [0.4, 0.5) is 0 Å². The van der Waals surface area contributed by atoms with E-state index in [9.17, 15) is 4.79 Å². The smallest absolute Gasteiger partial charge is 0.340 e. The predicted molar refractivity (Wildman–Crippen MR) is 79.4 cm³/mol. The molecule has 0 unspecified atom stereocenters. The molecular formula is C13H14BrNO2S. The molecule has 0 bridgehead atoms. The first kappa shape index (κ1) is 13.5. The van der Waals surface area contributed by atoms with Crippen molar-refractivity contribution in [1.82, 2.24) is 4.57 Å². The minimum Gasteiger partial charge on any atom is -0.465 e. The topological polar surface area (TPSA) is 31.2 Å². The number of rotatable bonds is 4. The summed E-state index contributed by atoms with van der Waals surface area (Å²) in [5.41, 5.74) is 1.68. The van der Waals surface area contributed by atoms with Gasteiger partial charge in [-0.15, -0.1) is 0 Å². The van der Waals surface area contributed by atoms with E-state index in [-0.39, 0.29) is 5.97 Å². The summed E-state index contributed by atoms with van der Waals surface area (Å²) in [4.78, 5) is 11.7. The van der Waals surface area contributed by atoms with Crippen LogP contribution in [-0.2, 0) is 11.3 Å². The molecule has 0 aliphatic carbocycles. The largest absolute Gasteiger partial charge is 0.465 e. The van der Waals surface area contributed by atoms with Gasteiger partial charge >= 0.3 is 5.97 Å². The van der Waals surface area contributed by atoms with Gasteiger partial charge in [0.25, 0.3) is 0 Å². The zero-order valence-corrected chi connectivity index (χ0v) is 12.7. The molecule has 0 amide bonds. The van der Waals surface area contributed by atoms with Crippen molar-refractivity contribution in [2.75, 3.05) is 19.1 Å². The number of hydrogen-bond acceptors (Lipinski definition) is 3. The quantitative estimate of drug-likeness (QED) is 0.804. The van der Waals surface area contributed by atoms with Crippen LogP contribution >= 0.6 is 27.7 Å². The number of ether oxygens (including phenoxy) is 1. The van der Waals surface area contributed by atoms with Crippen molar-refractivity contribution in [2.24, 2.45) is 0 Å². The summed E-state index contributed by atoms with van der Waals surface area (Å²) in [6, 6.07) is 5.91. The molecule has 2 aromatic rings. The molecule has 0 saturated carbocycles. The van der Waals surface area contributed by atoms with Crippen LogP contribution in [0.25, 0.3) is 10.9 Å². The third kappa shape index (κ3) is 2.57. The molecule has 1 heterocycles. The Morgan fingerprint density at radius 2 is 2.28 bits per heavy atom. The van der Waals surface area contributed by atoms with Gasteiger partial charge in [0.15, 0.2) is 0 Å². The number of carbonyl (C=O) groups excluding carboxylic acids is 1. The highest BCUT2D eigenvalue weighted by Gasteiger charge is 2.15. The standard InChI is InChI=1S/C13H14BrNO2S/c1-17-13(16)11-8-15(5-6-18-2)12-7-9(14)3-4-10(11)12/h3-4,7-8H,5-6H2,1-2H3. The first-order valence-corrected chi connectivity index (χ1v) is 7.71. The fraction of sp³-hybridized carbons (Fsp3) is 0.308. The fourth-order valence-corrected chi connectivity index (χ4v) is 2.64. The van der Waals surface area contributed by atoms with E-state index in [2.05, 4.69) is 26.8 Å². The van der Waals surface area contributed by atoms with Crippen LogP contribution in [-0.4, -0.2) is 29.7 Å². The maximum atomic E-state index is 11.7. The zero-order valence-electron chi connectivity index (χ0n) is 10.3. The van der Waals surface area contributed by atoms with Crippen molar-refractivity contribution in [2.45, 2.75) is 6.54 Å². The molecule has 0 aliphatic heterocycles. The molecule has 0 N–H and O–H groups in total. The van der Waals surface area contributed by atoms with Crippen LogP contribution in [0.15, 0.2) is 28.9 Å². The van der Waals surface area contributed by atoms with E-state index in [1.807, 2.05) is 24.4 Å². The Morgan fingerprint density at radius 3 is 2.94 bits per heavy atom. The average Bonchev–Trinajstić information content (AvgIpc) is 2.73. The number of aryl methyl sites for hydroxylation is 1.